The third-order valence-corrected chi connectivity index (χ3v) is 4.20. The lowest BCUT2D eigenvalue weighted by molar-refractivity contribution is 0.262. The fourth-order valence-electron chi connectivity index (χ4n) is 3.21. The maximum Gasteiger partial charge on any atom is 0.127 e. The highest BCUT2D eigenvalue weighted by molar-refractivity contribution is 5.46. The monoisotopic (exact) mass is 231 g/mol. The third-order valence-electron chi connectivity index (χ3n) is 4.20. The van der Waals surface area contributed by atoms with Crippen LogP contribution in [0.25, 0.3) is 0 Å². The average Bonchev–Trinajstić information content (AvgIpc) is 2.40. The molecule has 1 saturated carbocycles. The van der Waals surface area contributed by atoms with E-state index in [0.717, 1.165) is 18.8 Å². The van der Waals surface area contributed by atoms with E-state index in [1.807, 2.05) is 0 Å². The van der Waals surface area contributed by atoms with Crippen LogP contribution in [0.5, 0.6) is 5.75 Å². The van der Waals surface area contributed by atoms with Gasteiger partial charge in [0.25, 0.3) is 0 Å². The quantitative estimate of drug-likeness (QED) is 0.802. The van der Waals surface area contributed by atoms with Gasteiger partial charge in [0.1, 0.15) is 5.75 Å². The van der Waals surface area contributed by atoms with Gasteiger partial charge in [-0.3, -0.25) is 0 Å². The molecule has 2 N–H and O–H groups in total. The molecule has 2 nitrogen and oxygen atoms in total. The molecule has 1 aliphatic carbocycles. The van der Waals surface area contributed by atoms with E-state index in [9.17, 15) is 0 Å². The maximum atomic E-state index is 6.16. The minimum Gasteiger partial charge on any atom is -0.493 e. The highest BCUT2D eigenvalue weighted by Crippen LogP contribution is 2.42. The Kier molecular flexibility index (Phi) is 3.06. The van der Waals surface area contributed by atoms with Crippen molar-refractivity contribution in [1.29, 1.82) is 0 Å². The topological polar surface area (TPSA) is 35.2 Å². The molecule has 0 aromatic heterocycles. The van der Waals surface area contributed by atoms with Crippen molar-refractivity contribution >= 4 is 0 Å². The molecule has 0 radical (unpaired) electrons. The van der Waals surface area contributed by atoms with E-state index in [-0.39, 0.29) is 6.04 Å². The van der Waals surface area contributed by atoms with E-state index < -0.39 is 0 Å². The summed E-state index contributed by atoms with van der Waals surface area (Å²) in [5.41, 5.74) is 8.80. The van der Waals surface area contributed by atoms with Gasteiger partial charge in [-0.05, 0) is 24.3 Å². The molecule has 0 bridgehead atoms. The van der Waals surface area contributed by atoms with Crippen LogP contribution in [-0.4, -0.2) is 6.61 Å². The number of hydrogen-bond donors (Lipinski definition) is 1. The average molecular weight is 231 g/mol. The summed E-state index contributed by atoms with van der Waals surface area (Å²) >= 11 is 0. The SMILES string of the molecule is N[C@H]1CCOc2c(C3CCCCC3)cccc21. The lowest BCUT2D eigenvalue weighted by Crippen LogP contribution is -2.22. The van der Waals surface area contributed by atoms with Crippen LogP contribution in [0, 0.1) is 0 Å². The number of fused-ring (bicyclic) bond motifs is 1. The smallest absolute Gasteiger partial charge is 0.127 e. The van der Waals surface area contributed by atoms with Crippen LogP contribution in [0.4, 0.5) is 0 Å². The second kappa shape index (κ2) is 4.69. The highest BCUT2D eigenvalue weighted by Gasteiger charge is 2.25. The largest absolute Gasteiger partial charge is 0.493 e. The fourth-order valence-corrected chi connectivity index (χ4v) is 3.21. The predicted octanol–water partition coefficient (Wildman–Crippen LogP) is 3.52. The van der Waals surface area contributed by atoms with Gasteiger partial charge in [0.05, 0.1) is 6.61 Å². The number of nitrogens with two attached hydrogens (primary N) is 1. The molecule has 17 heavy (non-hydrogen) atoms. The molecule has 0 spiro atoms. The normalized spacial score (nSPS) is 25.1. The summed E-state index contributed by atoms with van der Waals surface area (Å²) in [6.07, 6.45) is 7.69. The summed E-state index contributed by atoms with van der Waals surface area (Å²) < 4.78 is 5.90. The summed E-state index contributed by atoms with van der Waals surface area (Å²) in [6, 6.07) is 6.69. The number of hydrogen-bond acceptors (Lipinski definition) is 2. The molecule has 92 valence electrons. The van der Waals surface area contributed by atoms with Gasteiger partial charge < -0.3 is 10.5 Å². The summed E-state index contributed by atoms with van der Waals surface area (Å²) in [5.74, 6) is 1.81. The number of rotatable bonds is 1. The Hall–Kier alpha value is -1.02. The van der Waals surface area contributed by atoms with Gasteiger partial charge in [-0.15, -0.1) is 0 Å². The Balaban J connectivity index is 1.96. The first-order valence-electron chi connectivity index (χ1n) is 6.87. The van der Waals surface area contributed by atoms with Crippen molar-refractivity contribution in [3.63, 3.8) is 0 Å². The summed E-state index contributed by atoms with van der Waals surface area (Å²) in [7, 11) is 0. The van der Waals surface area contributed by atoms with Crippen molar-refractivity contribution in [1.82, 2.24) is 0 Å². The summed E-state index contributed by atoms with van der Waals surface area (Å²) in [5, 5.41) is 0. The molecule has 0 amide bonds. The predicted molar refractivity (Wildman–Crippen MR) is 69.3 cm³/mol. The Bertz CT molecular complexity index is 396. The van der Waals surface area contributed by atoms with Gasteiger partial charge in [-0.25, -0.2) is 0 Å². The Morgan fingerprint density at radius 2 is 1.76 bits per heavy atom. The molecule has 3 rings (SSSR count). The van der Waals surface area contributed by atoms with Crippen LogP contribution >= 0.6 is 0 Å². The number of para-hydroxylation sites is 1. The van der Waals surface area contributed by atoms with Crippen LogP contribution in [-0.2, 0) is 0 Å². The molecular formula is C15H21NO. The third kappa shape index (κ3) is 2.06. The molecule has 1 aromatic rings. The second-order valence-corrected chi connectivity index (χ2v) is 5.34. The van der Waals surface area contributed by atoms with Gasteiger partial charge in [0.15, 0.2) is 0 Å². The van der Waals surface area contributed by atoms with Crippen molar-refractivity contribution in [3.8, 4) is 5.75 Å². The van der Waals surface area contributed by atoms with Gasteiger partial charge in [0, 0.05) is 18.0 Å². The van der Waals surface area contributed by atoms with Gasteiger partial charge >= 0.3 is 0 Å². The minimum atomic E-state index is 0.169. The van der Waals surface area contributed by atoms with E-state index in [2.05, 4.69) is 18.2 Å². The Labute approximate surface area is 103 Å². The van der Waals surface area contributed by atoms with Gasteiger partial charge in [-0.1, -0.05) is 37.5 Å². The van der Waals surface area contributed by atoms with E-state index in [1.54, 1.807) is 0 Å². The van der Waals surface area contributed by atoms with Crippen molar-refractivity contribution in [2.24, 2.45) is 5.73 Å². The zero-order valence-electron chi connectivity index (χ0n) is 10.3. The molecule has 1 aromatic carbocycles. The molecule has 0 unspecified atom stereocenters. The van der Waals surface area contributed by atoms with Gasteiger partial charge in [0.2, 0.25) is 0 Å². The Morgan fingerprint density at radius 3 is 2.59 bits per heavy atom. The van der Waals surface area contributed by atoms with Crippen LogP contribution in [0.2, 0.25) is 0 Å². The van der Waals surface area contributed by atoms with Crippen LogP contribution < -0.4 is 10.5 Å². The molecule has 2 heteroatoms. The summed E-state index contributed by atoms with van der Waals surface area (Å²) in [6.45, 7) is 0.776. The van der Waals surface area contributed by atoms with E-state index in [1.165, 1.54) is 43.2 Å². The zero-order chi connectivity index (χ0) is 11.7. The summed E-state index contributed by atoms with van der Waals surface area (Å²) in [4.78, 5) is 0. The zero-order valence-corrected chi connectivity index (χ0v) is 10.3. The first-order chi connectivity index (χ1) is 8.36. The first kappa shape index (κ1) is 11.1. The van der Waals surface area contributed by atoms with Crippen LogP contribution in [0.3, 0.4) is 0 Å². The van der Waals surface area contributed by atoms with E-state index in [4.69, 9.17) is 10.5 Å². The van der Waals surface area contributed by atoms with E-state index >= 15 is 0 Å². The lowest BCUT2D eigenvalue weighted by atomic mass is 9.82. The second-order valence-electron chi connectivity index (χ2n) is 5.34. The standard InChI is InChI=1S/C15H21NO/c16-14-9-10-17-15-12(7-4-8-13(14)15)11-5-2-1-3-6-11/h4,7-8,11,14H,1-3,5-6,9-10,16H2/t14-/m0/s1. The molecule has 1 aliphatic heterocycles. The van der Waals surface area contributed by atoms with Crippen molar-refractivity contribution < 1.29 is 4.74 Å². The maximum absolute atomic E-state index is 6.16. The minimum absolute atomic E-state index is 0.169. The van der Waals surface area contributed by atoms with Crippen LogP contribution in [0.1, 0.15) is 61.6 Å². The molecule has 1 heterocycles. The van der Waals surface area contributed by atoms with Crippen molar-refractivity contribution in [2.45, 2.75) is 50.5 Å². The molecule has 0 saturated heterocycles. The van der Waals surface area contributed by atoms with E-state index in [0.29, 0.717) is 5.92 Å². The Morgan fingerprint density at radius 1 is 1.00 bits per heavy atom. The molecule has 1 atom stereocenters. The van der Waals surface area contributed by atoms with Crippen molar-refractivity contribution in [3.05, 3.63) is 29.3 Å². The highest BCUT2D eigenvalue weighted by atomic mass is 16.5. The van der Waals surface area contributed by atoms with Gasteiger partial charge in [-0.2, -0.15) is 0 Å². The molecule has 1 fully saturated rings. The lowest BCUT2D eigenvalue weighted by Gasteiger charge is -2.29. The van der Waals surface area contributed by atoms with Crippen molar-refractivity contribution in [2.75, 3.05) is 6.61 Å². The molecule has 2 aliphatic rings. The molecular weight excluding hydrogens is 210 g/mol. The number of benzene rings is 1. The van der Waals surface area contributed by atoms with Crippen LogP contribution in [0.15, 0.2) is 18.2 Å². The number of ether oxygens (including phenoxy) is 1. The fraction of sp³-hybridized carbons (Fsp3) is 0.600. The first-order valence-corrected chi connectivity index (χ1v) is 6.87.